The van der Waals surface area contributed by atoms with Gasteiger partial charge in [-0.3, -0.25) is 9.59 Å². The molecule has 2 aromatic carbocycles. The van der Waals surface area contributed by atoms with Crippen LogP contribution < -0.4 is 16.6 Å². The van der Waals surface area contributed by atoms with Crippen LogP contribution in [0, 0.1) is 0 Å². The van der Waals surface area contributed by atoms with Crippen molar-refractivity contribution in [1.82, 2.24) is 15.1 Å². The van der Waals surface area contributed by atoms with Crippen molar-refractivity contribution in [3.63, 3.8) is 0 Å². The van der Waals surface area contributed by atoms with Crippen LogP contribution in [-0.4, -0.2) is 15.7 Å². The maximum Gasteiger partial charge on any atom is 0.416 e. The molecule has 0 saturated carbocycles. The summed E-state index contributed by atoms with van der Waals surface area (Å²) in [7, 11) is 0. The number of anilines is 1. The Hall–Kier alpha value is -3.14. The summed E-state index contributed by atoms with van der Waals surface area (Å²) in [6.45, 7) is 1.52. The van der Waals surface area contributed by atoms with Gasteiger partial charge in [0.15, 0.2) is 5.69 Å². The number of amides is 1. The van der Waals surface area contributed by atoms with E-state index < -0.39 is 29.2 Å². The highest BCUT2D eigenvalue weighted by molar-refractivity contribution is 9.10. The molecule has 1 aromatic heterocycles. The van der Waals surface area contributed by atoms with Crippen molar-refractivity contribution in [2.75, 3.05) is 5.73 Å². The van der Waals surface area contributed by atoms with Crippen LogP contribution in [0.5, 0.6) is 0 Å². The van der Waals surface area contributed by atoms with Crippen molar-refractivity contribution in [3.05, 3.63) is 86.2 Å². The Morgan fingerprint density at radius 3 is 2.47 bits per heavy atom. The van der Waals surface area contributed by atoms with Gasteiger partial charge in [0.25, 0.3) is 11.5 Å². The second kappa shape index (κ2) is 8.31. The monoisotopic (exact) mass is 480 g/mol. The predicted octanol–water partition coefficient (Wildman–Crippen LogP) is 4.09. The summed E-state index contributed by atoms with van der Waals surface area (Å²) in [5, 5.41) is 6.66. The largest absolute Gasteiger partial charge is 0.416 e. The summed E-state index contributed by atoms with van der Waals surface area (Å²) >= 11 is 3.12. The number of nitrogens with one attached hydrogen (secondary N) is 1. The van der Waals surface area contributed by atoms with E-state index in [-0.39, 0.29) is 21.4 Å². The molecule has 0 radical (unpaired) electrons. The smallest absolute Gasteiger partial charge is 0.399 e. The van der Waals surface area contributed by atoms with Crippen LogP contribution in [0.4, 0.5) is 18.9 Å². The number of nitrogens with zero attached hydrogens (tertiary/aromatic N) is 2. The van der Waals surface area contributed by atoms with Crippen LogP contribution >= 0.6 is 15.9 Å². The van der Waals surface area contributed by atoms with Crippen LogP contribution in [0.3, 0.4) is 0 Å². The van der Waals surface area contributed by atoms with Crippen molar-refractivity contribution in [2.45, 2.75) is 19.1 Å². The fraction of sp³-hybridized carbons (Fsp3) is 0.150. The molecule has 6 nitrogen and oxygen atoms in total. The molecule has 3 rings (SSSR count). The Labute approximate surface area is 177 Å². The molecule has 30 heavy (non-hydrogen) atoms. The van der Waals surface area contributed by atoms with Gasteiger partial charge < -0.3 is 11.1 Å². The molecule has 0 fully saturated rings. The highest BCUT2D eigenvalue weighted by Gasteiger charge is 2.31. The molecule has 0 saturated heterocycles. The number of rotatable bonds is 4. The van der Waals surface area contributed by atoms with Crippen molar-refractivity contribution in [1.29, 1.82) is 0 Å². The van der Waals surface area contributed by atoms with E-state index in [4.69, 9.17) is 5.73 Å². The van der Waals surface area contributed by atoms with Crippen molar-refractivity contribution in [3.8, 4) is 5.69 Å². The highest BCUT2D eigenvalue weighted by Crippen LogP contribution is 2.32. The summed E-state index contributed by atoms with van der Waals surface area (Å²) < 4.78 is 40.3. The van der Waals surface area contributed by atoms with Gasteiger partial charge >= 0.3 is 6.18 Å². The first-order chi connectivity index (χ1) is 14.1. The van der Waals surface area contributed by atoms with Gasteiger partial charge in [-0.15, -0.1) is 0 Å². The molecule has 1 unspecified atom stereocenters. The van der Waals surface area contributed by atoms with Crippen LogP contribution in [-0.2, 0) is 6.18 Å². The molecule has 0 aliphatic carbocycles. The number of benzene rings is 2. The Kier molecular flexibility index (Phi) is 5.97. The zero-order valence-electron chi connectivity index (χ0n) is 15.6. The zero-order valence-corrected chi connectivity index (χ0v) is 17.2. The molecule has 0 aliphatic rings. The maximum atomic E-state index is 13.0. The number of nitrogens with two attached hydrogens (primary N) is 1. The number of hydrogen-bond donors (Lipinski definition) is 2. The van der Waals surface area contributed by atoms with Crippen LogP contribution in [0.15, 0.2) is 63.9 Å². The summed E-state index contributed by atoms with van der Waals surface area (Å²) in [6, 6.07) is 12.1. The van der Waals surface area contributed by atoms with E-state index in [1.165, 1.54) is 19.1 Å². The number of aromatic nitrogens is 2. The van der Waals surface area contributed by atoms with Crippen LogP contribution in [0.2, 0.25) is 0 Å². The first kappa shape index (κ1) is 21.6. The van der Waals surface area contributed by atoms with E-state index in [0.29, 0.717) is 5.69 Å². The topological polar surface area (TPSA) is 90.0 Å². The Morgan fingerprint density at radius 2 is 1.83 bits per heavy atom. The number of carbonyl (C=O) groups excluding carboxylic acids is 1. The highest BCUT2D eigenvalue weighted by atomic mass is 79.9. The number of hydrogen-bond acceptors (Lipinski definition) is 4. The van der Waals surface area contributed by atoms with Gasteiger partial charge in [-0.05, 0) is 64.8 Å². The number of para-hydroxylation sites is 1. The molecule has 156 valence electrons. The Bertz CT molecular complexity index is 1150. The molecule has 1 atom stereocenters. The lowest BCUT2D eigenvalue weighted by Gasteiger charge is -2.17. The van der Waals surface area contributed by atoms with E-state index in [1.54, 1.807) is 30.3 Å². The minimum Gasteiger partial charge on any atom is -0.399 e. The second-order valence-electron chi connectivity index (χ2n) is 6.51. The molecule has 0 spiro atoms. The van der Waals surface area contributed by atoms with E-state index >= 15 is 0 Å². The summed E-state index contributed by atoms with van der Waals surface area (Å²) in [5.74, 6) is -0.663. The average molecular weight is 481 g/mol. The lowest BCUT2D eigenvalue weighted by Crippen LogP contribution is -2.31. The van der Waals surface area contributed by atoms with Gasteiger partial charge in [-0.2, -0.15) is 23.0 Å². The molecular weight excluding hydrogens is 465 g/mol. The Morgan fingerprint density at radius 1 is 1.17 bits per heavy atom. The van der Waals surface area contributed by atoms with Gasteiger partial charge in [-0.25, -0.2) is 0 Å². The fourth-order valence-electron chi connectivity index (χ4n) is 2.76. The van der Waals surface area contributed by atoms with Gasteiger partial charge in [0.05, 0.1) is 21.8 Å². The first-order valence-corrected chi connectivity index (χ1v) is 9.49. The lowest BCUT2D eigenvalue weighted by molar-refractivity contribution is -0.137. The summed E-state index contributed by atoms with van der Waals surface area (Å²) in [4.78, 5) is 25.0. The minimum absolute atomic E-state index is 0.0700. The van der Waals surface area contributed by atoms with E-state index in [1.807, 2.05) is 0 Å². The minimum atomic E-state index is -4.56. The Balaban J connectivity index is 1.91. The van der Waals surface area contributed by atoms with Gasteiger partial charge in [0.2, 0.25) is 0 Å². The maximum absolute atomic E-state index is 13.0. The number of halogens is 4. The van der Waals surface area contributed by atoms with E-state index in [9.17, 15) is 22.8 Å². The summed E-state index contributed by atoms with van der Waals surface area (Å²) in [5.41, 5.74) is 4.71. The van der Waals surface area contributed by atoms with E-state index in [2.05, 4.69) is 26.3 Å². The molecule has 0 bridgehead atoms. The molecular formula is C20H16BrF3N4O2. The van der Waals surface area contributed by atoms with Gasteiger partial charge in [0, 0.05) is 5.69 Å². The van der Waals surface area contributed by atoms with Crippen molar-refractivity contribution in [2.24, 2.45) is 0 Å². The molecule has 1 heterocycles. The third-order valence-corrected chi connectivity index (χ3v) is 4.82. The van der Waals surface area contributed by atoms with Crippen LogP contribution in [0.1, 0.15) is 34.6 Å². The first-order valence-electron chi connectivity index (χ1n) is 8.70. The number of nitrogen functional groups attached to an aromatic ring is 1. The molecule has 10 heteroatoms. The van der Waals surface area contributed by atoms with Crippen molar-refractivity contribution < 1.29 is 18.0 Å². The van der Waals surface area contributed by atoms with Crippen molar-refractivity contribution >= 4 is 27.5 Å². The average Bonchev–Trinajstić information content (AvgIpc) is 2.69. The normalized spacial score (nSPS) is 12.4. The molecule has 3 aromatic rings. The second-order valence-corrected chi connectivity index (χ2v) is 7.37. The standard InChI is InChI=1S/C20H16BrF3N4O2/c1-11(12-7-13(20(22,23)24)9-14(25)8-12)26-18(29)17-10-16(21)19(30)28(27-17)15-5-3-2-4-6-15/h2-11H,25H2,1H3,(H,26,29). The third-order valence-electron chi connectivity index (χ3n) is 4.25. The molecule has 3 N–H and O–H groups in total. The summed E-state index contributed by atoms with van der Waals surface area (Å²) in [6.07, 6.45) is -4.56. The molecule has 0 aliphatic heterocycles. The van der Waals surface area contributed by atoms with Gasteiger partial charge in [-0.1, -0.05) is 18.2 Å². The number of alkyl halides is 3. The van der Waals surface area contributed by atoms with Gasteiger partial charge in [0.1, 0.15) is 0 Å². The third kappa shape index (κ3) is 4.70. The number of carbonyl (C=O) groups is 1. The quantitative estimate of drug-likeness (QED) is 0.550. The lowest BCUT2D eigenvalue weighted by atomic mass is 10.0. The van der Waals surface area contributed by atoms with E-state index in [0.717, 1.165) is 16.8 Å². The zero-order chi connectivity index (χ0) is 22.1. The fourth-order valence-corrected chi connectivity index (χ4v) is 3.15. The SMILES string of the molecule is CC(NC(=O)c1cc(Br)c(=O)n(-c2ccccc2)n1)c1cc(N)cc(C(F)(F)F)c1. The molecule has 1 amide bonds. The predicted molar refractivity (Wildman–Crippen MR) is 109 cm³/mol. The van der Waals surface area contributed by atoms with Crippen LogP contribution in [0.25, 0.3) is 5.69 Å².